The van der Waals surface area contributed by atoms with Crippen molar-refractivity contribution in [1.29, 1.82) is 0 Å². The number of hydrogen-bond donors (Lipinski definition) is 3. The normalized spacial score (nSPS) is 11.1. The molecule has 1 atom stereocenters. The van der Waals surface area contributed by atoms with Crippen LogP contribution in [0.5, 0.6) is 0 Å². The van der Waals surface area contributed by atoms with Gasteiger partial charge < -0.3 is 16.4 Å². The molecule has 0 spiro atoms. The van der Waals surface area contributed by atoms with Crippen LogP contribution in [0.1, 0.15) is 18.5 Å². The molecule has 19 heavy (non-hydrogen) atoms. The first kappa shape index (κ1) is 17.7. The fraction of sp³-hybridized carbons (Fsp3) is 0.333. The third-order valence-electron chi connectivity index (χ3n) is 2.36. The van der Waals surface area contributed by atoms with Crippen molar-refractivity contribution < 1.29 is 9.59 Å². The van der Waals surface area contributed by atoms with Crippen molar-refractivity contribution in [3.05, 3.63) is 34.9 Å². The van der Waals surface area contributed by atoms with Crippen LogP contribution in [0.2, 0.25) is 5.02 Å². The van der Waals surface area contributed by atoms with Gasteiger partial charge in [-0.25, -0.2) is 0 Å². The second kappa shape index (κ2) is 8.74. The van der Waals surface area contributed by atoms with Crippen LogP contribution in [-0.4, -0.2) is 24.9 Å². The van der Waals surface area contributed by atoms with Crippen molar-refractivity contribution in [3.8, 4) is 0 Å². The number of rotatable bonds is 5. The van der Waals surface area contributed by atoms with E-state index >= 15 is 0 Å². The van der Waals surface area contributed by atoms with E-state index in [-0.39, 0.29) is 43.4 Å². The number of nitrogens with one attached hydrogen (secondary N) is 2. The highest BCUT2D eigenvalue weighted by Gasteiger charge is 2.10. The number of carbonyl (C=O) groups excluding carboxylic acids is 2. The lowest BCUT2D eigenvalue weighted by Crippen LogP contribution is -2.40. The highest BCUT2D eigenvalue weighted by atomic mass is 35.5. The van der Waals surface area contributed by atoms with E-state index in [1.807, 2.05) is 19.1 Å². The first-order valence-electron chi connectivity index (χ1n) is 5.54. The predicted octanol–water partition coefficient (Wildman–Crippen LogP) is 1.01. The van der Waals surface area contributed by atoms with Crippen molar-refractivity contribution in [2.75, 3.05) is 13.1 Å². The third kappa shape index (κ3) is 6.42. The van der Waals surface area contributed by atoms with Gasteiger partial charge in [-0.3, -0.25) is 9.59 Å². The van der Waals surface area contributed by atoms with Gasteiger partial charge in [0.1, 0.15) is 0 Å². The number of nitrogens with two attached hydrogens (primary N) is 1. The minimum Gasteiger partial charge on any atom is -0.348 e. The lowest BCUT2D eigenvalue weighted by molar-refractivity contribution is -0.125. The van der Waals surface area contributed by atoms with E-state index in [4.69, 9.17) is 17.3 Å². The molecule has 0 aromatic heterocycles. The Morgan fingerprint density at radius 3 is 2.63 bits per heavy atom. The second-order valence-corrected chi connectivity index (χ2v) is 4.26. The van der Waals surface area contributed by atoms with E-state index < -0.39 is 0 Å². The Bertz CT molecular complexity index is 441. The number of amides is 2. The van der Waals surface area contributed by atoms with Crippen LogP contribution in [0.15, 0.2) is 24.3 Å². The topological polar surface area (TPSA) is 84.2 Å². The summed E-state index contributed by atoms with van der Waals surface area (Å²) in [5.41, 5.74) is 6.01. The molecule has 2 amide bonds. The molecule has 7 heteroatoms. The van der Waals surface area contributed by atoms with Gasteiger partial charge in [0.15, 0.2) is 0 Å². The zero-order chi connectivity index (χ0) is 13.5. The van der Waals surface area contributed by atoms with Gasteiger partial charge in [-0.05, 0) is 24.6 Å². The first-order chi connectivity index (χ1) is 8.52. The van der Waals surface area contributed by atoms with Crippen LogP contribution in [0.3, 0.4) is 0 Å². The van der Waals surface area contributed by atoms with Crippen LogP contribution < -0.4 is 16.4 Å². The van der Waals surface area contributed by atoms with E-state index in [0.717, 1.165) is 5.56 Å². The molecular weight excluding hydrogens is 289 g/mol. The summed E-state index contributed by atoms with van der Waals surface area (Å²) in [4.78, 5) is 22.4. The minimum atomic E-state index is -0.361. The molecule has 0 heterocycles. The highest BCUT2D eigenvalue weighted by Crippen LogP contribution is 2.16. The maximum absolute atomic E-state index is 11.5. The molecule has 0 saturated heterocycles. The second-order valence-electron chi connectivity index (χ2n) is 3.83. The standard InChI is InChI=1S/C12H16ClN3O2.ClH/c1-8(9-3-2-4-10(13)5-9)16-12(18)7-15-11(17)6-14;/h2-5,8H,6-7,14H2,1H3,(H,15,17)(H,16,18);1H/t8-;/m1./s1. The molecule has 5 nitrogen and oxygen atoms in total. The molecule has 0 aliphatic rings. The Morgan fingerprint density at radius 2 is 2.05 bits per heavy atom. The van der Waals surface area contributed by atoms with Gasteiger partial charge >= 0.3 is 0 Å². The molecule has 0 radical (unpaired) electrons. The quantitative estimate of drug-likeness (QED) is 0.759. The summed E-state index contributed by atoms with van der Waals surface area (Å²) in [5.74, 6) is -0.634. The van der Waals surface area contributed by atoms with Crippen molar-refractivity contribution in [3.63, 3.8) is 0 Å². The lowest BCUT2D eigenvalue weighted by atomic mass is 10.1. The van der Waals surface area contributed by atoms with Gasteiger partial charge in [0.05, 0.1) is 19.1 Å². The van der Waals surface area contributed by atoms with Crippen LogP contribution in [0.25, 0.3) is 0 Å². The molecule has 1 aromatic carbocycles. The average molecular weight is 306 g/mol. The SMILES string of the molecule is C[C@@H](NC(=O)CNC(=O)CN)c1cccc(Cl)c1.Cl. The summed E-state index contributed by atoms with van der Waals surface area (Å²) in [7, 11) is 0. The van der Waals surface area contributed by atoms with Gasteiger partial charge in [-0.2, -0.15) is 0 Å². The Labute approximate surface area is 123 Å². The number of halogens is 2. The van der Waals surface area contributed by atoms with Gasteiger partial charge in [0.25, 0.3) is 0 Å². The van der Waals surface area contributed by atoms with Gasteiger partial charge in [-0.15, -0.1) is 12.4 Å². The molecule has 0 aliphatic carbocycles. The van der Waals surface area contributed by atoms with Crippen LogP contribution in [0.4, 0.5) is 0 Å². The van der Waals surface area contributed by atoms with Crippen LogP contribution in [0, 0.1) is 0 Å². The molecule has 1 rings (SSSR count). The molecule has 0 bridgehead atoms. The van der Waals surface area contributed by atoms with Crippen molar-refractivity contribution >= 4 is 35.8 Å². The van der Waals surface area contributed by atoms with E-state index in [1.54, 1.807) is 12.1 Å². The van der Waals surface area contributed by atoms with Crippen molar-refractivity contribution in [1.82, 2.24) is 10.6 Å². The first-order valence-corrected chi connectivity index (χ1v) is 5.92. The van der Waals surface area contributed by atoms with E-state index in [2.05, 4.69) is 10.6 Å². The molecule has 0 fully saturated rings. The molecule has 4 N–H and O–H groups in total. The van der Waals surface area contributed by atoms with Gasteiger partial charge in [0.2, 0.25) is 11.8 Å². The molecule has 0 unspecified atom stereocenters. The van der Waals surface area contributed by atoms with Crippen molar-refractivity contribution in [2.45, 2.75) is 13.0 Å². The van der Waals surface area contributed by atoms with Crippen LogP contribution >= 0.6 is 24.0 Å². The summed E-state index contributed by atoms with van der Waals surface area (Å²) in [5, 5.41) is 5.76. The lowest BCUT2D eigenvalue weighted by Gasteiger charge is -2.14. The Balaban J connectivity index is 0.00000324. The highest BCUT2D eigenvalue weighted by molar-refractivity contribution is 6.30. The summed E-state index contributed by atoms with van der Waals surface area (Å²) in [6.45, 7) is 1.63. The predicted molar refractivity (Wildman–Crippen MR) is 77.3 cm³/mol. The van der Waals surface area contributed by atoms with E-state index in [1.165, 1.54) is 0 Å². The molecule has 1 aromatic rings. The van der Waals surface area contributed by atoms with E-state index in [9.17, 15) is 9.59 Å². The number of hydrogen-bond acceptors (Lipinski definition) is 3. The molecule has 0 saturated carbocycles. The minimum absolute atomic E-state index is 0. The zero-order valence-electron chi connectivity index (χ0n) is 10.5. The number of benzene rings is 1. The van der Waals surface area contributed by atoms with Crippen LogP contribution in [-0.2, 0) is 9.59 Å². The smallest absolute Gasteiger partial charge is 0.239 e. The largest absolute Gasteiger partial charge is 0.348 e. The maximum Gasteiger partial charge on any atom is 0.239 e. The van der Waals surface area contributed by atoms with Gasteiger partial charge in [-0.1, -0.05) is 23.7 Å². The Morgan fingerprint density at radius 1 is 1.37 bits per heavy atom. The maximum atomic E-state index is 11.5. The third-order valence-corrected chi connectivity index (χ3v) is 2.59. The zero-order valence-corrected chi connectivity index (χ0v) is 12.1. The summed E-state index contributed by atoms with van der Waals surface area (Å²) in [6.07, 6.45) is 0. The summed E-state index contributed by atoms with van der Waals surface area (Å²) >= 11 is 5.86. The monoisotopic (exact) mass is 305 g/mol. The average Bonchev–Trinajstić information content (AvgIpc) is 2.35. The summed E-state index contributed by atoms with van der Waals surface area (Å²) in [6, 6.07) is 7.06. The van der Waals surface area contributed by atoms with Crippen molar-refractivity contribution in [2.24, 2.45) is 5.73 Å². The number of carbonyl (C=O) groups is 2. The Hall–Kier alpha value is -1.30. The fourth-order valence-electron chi connectivity index (χ4n) is 1.40. The molecular formula is C12H17Cl2N3O2. The van der Waals surface area contributed by atoms with E-state index in [0.29, 0.717) is 5.02 Å². The summed E-state index contributed by atoms with van der Waals surface area (Å²) < 4.78 is 0. The molecule has 0 aliphatic heterocycles. The Kier molecular flexibility index (Phi) is 8.14. The fourth-order valence-corrected chi connectivity index (χ4v) is 1.60. The molecule has 106 valence electrons. The van der Waals surface area contributed by atoms with Gasteiger partial charge in [0, 0.05) is 5.02 Å².